The predicted octanol–water partition coefficient (Wildman–Crippen LogP) is 4.21. The molecular weight excluding hydrogens is 320 g/mol. The molecule has 0 unspecified atom stereocenters. The Kier molecular flexibility index (Phi) is 5.38. The number of pyridine rings is 1. The van der Waals surface area contributed by atoms with Gasteiger partial charge in [-0.15, -0.1) is 0 Å². The van der Waals surface area contributed by atoms with E-state index in [9.17, 15) is 5.11 Å². The second kappa shape index (κ2) is 7.71. The maximum absolute atomic E-state index is 10.7. The van der Waals surface area contributed by atoms with E-state index in [1.165, 1.54) is 5.56 Å². The Morgan fingerprint density at radius 2 is 1.65 bits per heavy atom. The summed E-state index contributed by atoms with van der Waals surface area (Å²) in [6, 6.07) is 22.4. The lowest BCUT2D eigenvalue weighted by molar-refractivity contribution is 0.444. The first-order valence-electron chi connectivity index (χ1n) is 9.04. The molecule has 3 aromatic rings. The molecule has 0 aliphatic rings. The second-order valence-electron chi connectivity index (χ2n) is 7.15. The minimum atomic E-state index is -0.401. The molecule has 0 amide bonds. The largest absolute Gasteiger partial charge is 0.507 e. The summed E-state index contributed by atoms with van der Waals surface area (Å²) < 4.78 is 0. The van der Waals surface area contributed by atoms with Crippen LogP contribution in [0, 0.1) is 0 Å². The van der Waals surface area contributed by atoms with Crippen molar-refractivity contribution < 1.29 is 5.11 Å². The summed E-state index contributed by atoms with van der Waals surface area (Å²) in [6.45, 7) is 4.72. The highest BCUT2D eigenvalue weighted by molar-refractivity contribution is 5.48. The van der Waals surface area contributed by atoms with E-state index in [1.807, 2.05) is 48.5 Å². The summed E-state index contributed by atoms with van der Waals surface area (Å²) in [4.78, 5) is 4.90. The van der Waals surface area contributed by atoms with Crippen molar-refractivity contribution in [3.63, 3.8) is 0 Å². The fourth-order valence-electron chi connectivity index (χ4n) is 3.32. The van der Waals surface area contributed by atoms with E-state index in [-0.39, 0.29) is 0 Å². The molecule has 3 rings (SSSR count). The van der Waals surface area contributed by atoms with Gasteiger partial charge in [-0.05, 0) is 36.2 Å². The molecule has 3 N–H and O–H groups in total. The minimum Gasteiger partial charge on any atom is -0.507 e. The molecule has 0 aliphatic heterocycles. The molecule has 1 aromatic heterocycles. The van der Waals surface area contributed by atoms with Crippen molar-refractivity contribution in [2.45, 2.75) is 32.1 Å². The smallest absolute Gasteiger partial charge is 0.122 e. The van der Waals surface area contributed by atoms with Gasteiger partial charge in [0.2, 0.25) is 0 Å². The molecule has 0 aliphatic carbocycles. The first-order valence-corrected chi connectivity index (χ1v) is 9.04. The average Bonchev–Trinajstić information content (AvgIpc) is 2.64. The summed E-state index contributed by atoms with van der Waals surface area (Å²) in [5.74, 6) is 0.332. The Morgan fingerprint density at radius 1 is 0.923 bits per heavy atom. The highest BCUT2D eigenvalue weighted by Gasteiger charge is 2.28. The zero-order chi connectivity index (χ0) is 18.6. The van der Waals surface area contributed by atoms with Gasteiger partial charge in [-0.25, -0.2) is 0 Å². The van der Waals surface area contributed by atoms with Gasteiger partial charge >= 0.3 is 0 Å². The van der Waals surface area contributed by atoms with Gasteiger partial charge in [0, 0.05) is 23.1 Å². The zero-order valence-electron chi connectivity index (χ0n) is 15.4. The van der Waals surface area contributed by atoms with Gasteiger partial charge in [-0.2, -0.15) is 0 Å². The van der Waals surface area contributed by atoms with Crippen molar-refractivity contribution in [2.75, 3.05) is 6.54 Å². The van der Waals surface area contributed by atoms with Gasteiger partial charge < -0.3 is 10.8 Å². The first kappa shape index (κ1) is 18.2. The van der Waals surface area contributed by atoms with E-state index < -0.39 is 5.41 Å². The number of phenols is 1. The number of rotatable bonds is 6. The third kappa shape index (κ3) is 3.78. The van der Waals surface area contributed by atoms with Crippen LogP contribution >= 0.6 is 0 Å². The molecule has 26 heavy (non-hydrogen) atoms. The van der Waals surface area contributed by atoms with Crippen LogP contribution in [-0.4, -0.2) is 16.6 Å². The highest BCUT2D eigenvalue weighted by Crippen LogP contribution is 2.37. The maximum atomic E-state index is 10.7. The summed E-state index contributed by atoms with van der Waals surface area (Å²) in [7, 11) is 0. The monoisotopic (exact) mass is 346 g/mol. The molecule has 0 bridgehead atoms. The Hall–Kier alpha value is -2.65. The van der Waals surface area contributed by atoms with E-state index in [0.29, 0.717) is 18.7 Å². The van der Waals surface area contributed by atoms with Gasteiger partial charge in [0.15, 0.2) is 0 Å². The van der Waals surface area contributed by atoms with Crippen LogP contribution in [0.3, 0.4) is 0 Å². The fourth-order valence-corrected chi connectivity index (χ4v) is 3.32. The van der Waals surface area contributed by atoms with Crippen molar-refractivity contribution in [3.8, 4) is 5.75 Å². The number of benzene rings is 2. The van der Waals surface area contributed by atoms with E-state index in [4.69, 9.17) is 10.7 Å². The van der Waals surface area contributed by atoms with E-state index in [1.54, 1.807) is 0 Å². The molecule has 0 atom stereocenters. The summed E-state index contributed by atoms with van der Waals surface area (Å²) in [6.07, 6.45) is 1.46. The van der Waals surface area contributed by atoms with Gasteiger partial charge in [0.25, 0.3) is 0 Å². The van der Waals surface area contributed by atoms with Gasteiger partial charge in [0.1, 0.15) is 5.75 Å². The van der Waals surface area contributed by atoms with Crippen LogP contribution < -0.4 is 5.73 Å². The van der Waals surface area contributed by atoms with Gasteiger partial charge in [-0.1, -0.05) is 68.4 Å². The Morgan fingerprint density at radius 3 is 2.38 bits per heavy atom. The molecule has 1 heterocycles. The molecule has 0 spiro atoms. The van der Waals surface area contributed by atoms with Gasteiger partial charge in [0.05, 0.1) is 5.69 Å². The lowest BCUT2D eigenvalue weighted by atomic mass is 9.79. The minimum absolute atomic E-state index is 0.332. The van der Waals surface area contributed by atoms with Crippen molar-refractivity contribution in [1.82, 2.24) is 4.98 Å². The number of phenolic OH excluding ortho intramolecular Hbond substituents is 1. The number of aromatic hydroxyl groups is 1. The van der Waals surface area contributed by atoms with E-state index in [0.717, 1.165) is 28.9 Å². The topological polar surface area (TPSA) is 59.1 Å². The Balaban J connectivity index is 1.95. The molecule has 0 radical (unpaired) electrons. The van der Waals surface area contributed by atoms with Crippen LogP contribution in [0.1, 0.15) is 41.9 Å². The van der Waals surface area contributed by atoms with E-state index in [2.05, 4.69) is 32.0 Å². The van der Waals surface area contributed by atoms with Crippen LogP contribution in [0.2, 0.25) is 0 Å². The normalized spacial score (nSPS) is 11.5. The maximum Gasteiger partial charge on any atom is 0.122 e. The van der Waals surface area contributed by atoms with Crippen molar-refractivity contribution >= 4 is 0 Å². The quantitative estimate of drug-likeness (QED) is 0.703. The third-order valence-corrected chi connectivity index (χ3v) is 4.88. The van der Waals surface area contributed by atoms with Crippen LogP contribution in [0.15, 0.2) is 66.7 Å². The summed E-state index contributed by atoms with van der Waals surface area (Å²) in [5, 5.41) is 10.7. The lowest BCUT2D eigenvalue weighted by Gasteiger charge is -2.27. The molecule has 2 aromatic carbocycles. The van der Waals surface area contributed by atoms with Crippen molar-refractivity contribution in [3.05, 3.63) is 94.8 Å². The standard InChI is InChI=1S/C23H26N2O/c1-23(2,20-12-6-10-18(14-15-24)22(20)26)21-13-7-11-19(25-21)16-17-8-4-3-5-9-17/h3-13,26H,14-16,24H2,1-2H3. The number of nitrogens with zero attached hydrogens (tertiary/aromatic N) is 1. The number of para-hydroxylation sites is 1. The van der Waals surface area contributed by atoms with Crippen LogP contribution in [0.5, 0.6) is 5.75 Å². The van der Waals surface area contributed by atoms with Crippen molar-refractivity contribution in [1.29, 1.82) is 0 Å². The SMILES string of the molecule is CC(C)(c1cccc(Cc2ccccc2)n1)c1cccc(CCN)c1O. The lowest BCUT2D eigenvalue weighted by Crippen LogP contribution is -2.22. The van der Waals surface area contributed by atoms with Crippen LogP contribution in [-0.2, 0) is 18.3 Å². The average molecular weight is 346 g/mol. The zero-order valence-corrected chi connectivity index (χ0v) is 15.4. The molecule has 134 valence electrons. The molecule has 0 saturated carbocycles. The summed E-state index contributed by atoms with van der Waals surface area (Å²) in [5.41, 5.74) is 10.3. The molecule has 0 saturated heterocycles. The Labute approximate surface area is 155 Å². The molecule has 3 heteroatoms. The van der Waals surface area contributed by atoms with Gasteiger partial charge in [-0.3, -0.25) is 4.98 Å². The number of nitrogens with two attached hydrogens (primary N) is 1. The van der Waals surface area contributed by atoms with Crippen LogP contribution in [0.4, 0.5) is 0 Å². The highest BCUT2D eigenvalue weighted by atomic mass is 16.3. The van der Waals surface area contributed by atoms with Crippen LogP contribution in [0.25, 0.3) is 0 Å². The first-order chi connectivity index (χ1) is 12.5. The van der Waals surface area contributed by atoms with E-state index >= 15 is 0 Å². The number of aromatic nitrogens is 1. The Bertz CT molecular complexity index is 872. The fraction of sp³-hybridized carbons (Fsp3) is 0.261. The second-order valence-corrected chi connectivity index (χ2v) is 7.15. The van der Waals surface area contributed by atoms with Crippen molar-refractivity contribution in [2.24, 2.45) is 5.73 Å². The number of hydrogen-bond acceptors (Lipinski definition) is 3. The molecular formula is C23H26N2O. The predicted molar refractivity (Wildman–Crippen MR) is 106 cm³/mol. The summed E-state index contributed by atoms with van der Waals surface area (Å²) >= 11 is 0. The molecule has 0 fully saturated rings. The third-order valence-electron chi connectivity index (χ3n) is 4.88. The number of hydrogen-bond donors (Lipinski definition) is 2. The molecule has 3 nitrogen and oxygen atoms in total.